The number of ether oxygens (including phenoxy) is 3. The van der Waals surface area contributed by atoms with Gasteiger partial charge in [0, 0.05) is 5.56 Å². The summed E-state index contributed by atoms with van der Waals surface area (Å²) in [6.45, 7) is 0. The highest BCUT2D eigenvalue weighted by atomic mass is 16.5. The van der Waals surface area contributed by atoms with E-state index in [1.807, 2.05) is 30.3 Å². The summed E-state index contributed by atoms with van der Waals surface area (Å²) in [6, 6.07) is 13.2. The molecule has 0 bridgehead atoms. The highest BCUT2D eigenvalue weighted by Crippen LogP contribution is 2.37. The Balaban J connectivity index is 1.92. The first-order chi connectivity index (χ1) is 15.1. The fraction of sp³-hybridized carbons (Fsp3) is 0.190. The molecular formula is C21H19N5O5. The van der Waals surface area contributed by atoms with E-state index in [0.29, 0.717) is 17.1 Å². The largest absolute Gasteiger partial charge is 0.493 e. The Bertz CT molecular complexity index is 1170. The van der Waals surface area contributed by atoms with Gasteiger partial charge in [-0.15, -0.1) is 0 Å². The molecule has 0 saturated carbocycles. The van der Waals surface area contributed by atoms with E-state index in [-0.39, 0.29) is 17.2 Å². The summed E-state index contributed by atoms with van der Waals surface area (Å²) < 4.78 is 17.0. The number of fused-ring (bicyclic) bond motifs is 1. The van der Waals surface area contributed by atoms with Crippen LogP contribution in [0.3, 0.4) is 0 Å². The molecule has 10 nitrogen and oxygen atoms in total. The number of anilines is 1. The second kappa shape index (κ2) is 8.27. The lowest BCUT2D eigenvalue weighted by Gasteiger charge is -2.28. The van der Waals surface area contributed by atoms with E-state index in [4.69, 9.17) is 14.2 Å². The van der Waals surface area contributed by atoms with Crippen molar-refractivity contribution in [2.75, 3.05) is 26.6 Å². The van der Waals surface area contributed by atoms with Crippen molar-refractivity contribution in [3.05, 3.63) is 70.9 Å². The van der Waals surface area contributed by atoms with Gasteiger partial charge in [0.25, 0.3) is 0 Å². The van der Waals surface area contributed by atoms with Crippen molar-refractivity contribution in [1.29, 1.82) is 0 Å². The summed E-state index contributed by atoms with van der Waals surface area (Å²) in [5, 5.41) is 14.5. The summed E-state index contributed by atoms with van der Waals surface area (Å²) in [4.78, 5) is 26.4. The fourth-order valence-electron chi connectivity index (χ4n) is 3.46. The van der Waals surface area contributed by atoms with Gasteiger partial charge in [-0.1, -0.05) is 35.4 Å². The number of nitrogens with zero attached hydrogens (tertiary/aromatic N) is 4. The van der Waals surface area contributed by atoms with Crippen LogP contribution in [0.25, 0.3) is 0 Å². The van der Waals surface area contributed by atoms with Gasteiger partial charge in [-0.25, -0.2) is 4.79 Å². The number of benzene rings is 2. The average molecular weight is 421 g/mol. The van der Waals surface area contributed by atoms with Crippen molar-refractivity contribution < 1.29 is 23.8 Å². The van der Waals surface area contributed by atoms with Crippen LogP contribution in [0, 0.1) is 0 Å². The monoisotopic (exact) mass is 421 g/mol. The van der Waals surface area contributed by atoms with Gasteiger partial charge in [-0.3, -0.25) is 4.79 Å². The number of Topliss-reactive ketones (excluding diaryl/α,β-unsaturated/α-hetero) is 1. The molecule has 4 rings (SSSR count). The van der Waals surface area contributed by atoms with E-state index < -0.39 is 17.8 Å². The molecule has 0 spiro atoms. The van der Waals surface area contributed by atoms with Gasteiger partial charge in [0.15, 0.2) is 17.3 Å². The number of ketones is 1. The molecule has 0 radical (unpaired) electrons. The number of methoxy groups -OCH3 is 3. The molecule has 31 heavy (non-hydrogen) atoms. The number of carbonyl (C=O) groups excluding carboxylic acids is 2. The highest BCUT2D eigenvalue weighted by Gasteiger charge is 2.38. The SMILES string of the molecule is COC(=O)C1=C(C(=O)c2ccc(OC)c(OC)c2)[C@@H](c2ccccc2)n2nnnc2N1. The first-order valence-electron chi connectivity index (χ1n) is 9.28. The van der Waals surface area contributed by atoms with Gasteiger partial charge in [-0.05, 0) is 34.2 Å². The molecule has 1 aliphatic rings. The van der Waals surface area contributed by atoms with Crippen LogP contribution in [0.5, 0.6) is 11.5 Å². The normalized spacial score (nSPS) is 15.0. The van der Waals surface area contributed by atoms with E-state index in [0.717, 1.165) is 5.56 Å². The maximum absolute atomic E-state index is 13.7. The summed E-state index contributed by atoms with van der Waals surface area (Å²) in [5.74, 6) is -0.0388. The summed E-state index contributed by atoms with van der Waals surface area (Å²) in [5.41, 5.74) is 1.14. The topological polar surface area (TPSA) is 117 Å². The van der Waals surface area contributed by atoms with Gasteiger partial charge in [0.2, 0.25) is 5.95 Å². The molecule has 1 atom stereocenters. The fourth-order valence-corrected chi connectivity index (χ4v) is 3.46. The number of aromatic nitrogens is 4. The molecule has 2 aromatic carbocycles. The van der Waals surface area contributed by atoms with Gasteiger partial charge in [0.1, 0.15) is 11.7 Å². The second-order valence-corrected chi connectivity index (χ2v) is 6.56. The van der Waals surface area contributed by atoms with Gasteiger partial charge < -0.3 is 19.5 Å². The Kier molecular flexibility index (Phi) is 5.35. The Morgan fingerprint density at radius 3 is 2.42 bits per heavy atom. The molecule has 158 valence electrons. The molecule has 0 amide bonds. The lowest BCUT2D eigenvalue weighted by atomic mass is 9.89. The minimum Gasteiger partial charge on any atom is -0.493 e. The molecular weight excluding hydrogens is 402 g/mol. The quantitative estimate of drug-likeness (QED) is 0.471. The molecule has 1 aliphatic heterocycles. The predicted octanol–water partition coefficient (Wildman–Crippen LogP) is 2.02. The van der Waals surface area contributed by atoms with E-state index in [2.05, 4.69) is 20.8 Å². The second-order valence-electron chi connectivity index (χ2n) is 6.56. The number of tetrazole rings is 1. The standard InChI is InChI=1S/C21H19N5O5/c1-29-14-10-9-13(11-15(14)30-2)19(27)16-17(20(28)31-3)22-21-23-24-25-26(21)18(16)12-7-5-4-6-8-12/h4-11,18H,1-3H3,(H,22,23,25)/t18-/m1/s1. The third-order valence-electron chi connectivity index (χ3n) is 4.91. The number of rotatable bonds is 6. The number of hydrogen-bond acceptors (Lipinski definition) is 9. The van der Waals surface area contributed by atoms with Gasteiger partial charge >= 0.3 is 5.97 Å². The zero-order chi connectivity index (χ0) is 22.0. The highest BCUT2D eigenvalue weighted by molar-refractivity contribution is 6.15. The summed E-state index contributed by atoms with van der Waals surface area (Å²) >= 11 is 0. The van der Waals surface area contributed by atoms with Gasteiger partial charge in [-0.2, -0.15) is 4.68 Å². The van der Waals surface area contributed by atoms with Crippen LogP contribution in [0.2, 0.25) is 0 Å². The number of nitrogens with one attached hydrogen (secondary N) is 1. The first kappa shape index (κ1) is 20.1. The van der Waals surface area contributed by atoms with Crippen molar-refractivity contribution in [3.8, 4) is 11.5 Å². The molecule has 0 saturated heterocycles. The van der Waals surface area contributed by atoms with Crippen molar-refractivity contribution in [3.63, 3.8) is 0 Å². The number of esters is 1. The summed E-state index contributed by atoms with van der Waals surface area (Å²) in [7, 11) is 4.23. The van der Waals surface area contributed by atoms with Crippen LogP contribution < -0.4 is 14.8 Å². The molecule has 1 aromatic heterocycles. The zero-order valence-corrected chi connectivity index (χ0v) is 17.0. The molecule has 1 N–H and O–H groups in total. The van der Waals surface area contributed by atoms with Crippen molar-refractivity contribution >= 4 is 17.7 Å². The van der Waals surface area contributed by atoms with E-state index in [1.54, 1.807) is 18.2 Å². The molecule has 0 aliphatic carbocycles. The van der Waals surface area contributed by atoms with Crippen LogP contribution in [-0.4, -0.2) is 53.3 Å². The molecule has 0 unspecified atom stereocenters. The Labute approximate surface area is 177 Å². The maximum Gasteiger partial charge on any atom is 0.355 e. The maximum atomic E-state index is 13.7. The number of hydrogen-bond donors (Lipinski definition) is 1. The molecule has 10 heteroatoms. The van der Waals surface area contributed by atoms with Crippen molar-refractivity contribution in [2.24, 2.45) is 0 Å². The molecule has 3 aromatic rings. The van der Waals surface area contributed by atoms with E-state index in [9.17, 15) is 9.59 Å². The van der Waals surface area contributed by atoms with Crippen molar-refractivity contribution in [1.82, 2.24) is 20.2 Å². The minimum atomic E-state index is -0.748. The minimum absolute atomic E-state index is 0.0292. The predicted molar refractivity (Wildman–Crippen MR) is 109 cm³/mol. The number of allylic oxidation sites excluding steroid dienone is 1. The van der Waals surface area contributed by atoms with Crippen molar-refractivity contribution in [2.45, 2.75) is 6.04 Å². The zero-order valence-electron chi connectivity index (χ0n) is 17.0. The molecule has 2 heterocycles. The van der Waals surface area contributed by atoms with Crippen LogP contribution in [0.1, 0.15) is 22.0 Å². The van der Waals surface area contributed by atoms with E-state index in [1.165, 1.54) is 26.0 Å². The lowest BCUT2D eigenvalue weighted by Crippen LogP contribution is -2.32. The Morgan fingerprint density at radius 1 is 1.00 bits per heavy atom. The first-order valence-corrected chi connectivity index (χ1v) is 9.28. The Hall–Kier alpha value is -4.21. The van der Waals surface area contributed by atoms with E-state index >= 15 is 0 Å². The van der Waals surface area contributed by atoms with Crippen LogP contribution in [0.15, 0.2) is 59.8 Å². The Morgan fingerprint density at radius 2 is 1.74 bits per heavy atom. The third-order valence-corrected chi connectivity index (χ3v) is 4.91. The lowest BCUT2D eigenvalue weighted by molar-refractivity contribution is -0.136. The smallest absolute Gasteiger partial charge is 0.355 e. The molecule has 0 fully saturated rings. The third kappa shape index (κ3) is 3.48. The van der Waals surface area contributed by atoms with Crippen LogP contribution in [0.4, 0.5) is 5.95 Å². The summed E-state index contributed by atoms with van der Waals surface area (Å²) in [6.07, 6.45) is 0. The van der Waals surface area contributed by atoms with Crippen LogP contribution in [-0.2, 0) is 9.53 Å². The average Bonchev–Trinajstić information content (AvgIpc) is 3.30. The number of carbonyl (C=O) groups is 2. The van der Waals surface area contributed by atoms with Gasteiger partial charge in [0.05, 0.1) is 26.9 Å². The van der Waals surface area contributed by atoms with Crippen LogP contribution >= 0.6 is 0 Å².